The molecule has 1 aromatic rings. The third-order valence-electron chi connectivity index (χ3n) is 2.64. The van der Waals surface area contributed by atoms with E-state index in [-0.39, 0.29) is 0 Å². The van der Waals surface area contributed by atoms with Crippen LogP contribution in [0, 0.1) is 0 Å². The minimum absolute atomic E-state index is 0.325. The number of aromatic nitrogens is 1. The summed E-state index contributed by atoms with van der Waals surface area (Å²) in [6, 6.07) is 3.53. The van der Waals surface area contributed by atoms with Gasteiger partial charge in [0.1, 0.15) is 6.61 Å². The first-order valence-electron chi connectivity index (χ1n) is 5.91. The van der Waals surface area contributed by atoms with Gasteiger partial charge in [0.05, 0.1) is 10.7 Å². The zero-order valence-corrected chi connectivity index (χ0v) is 11.2. The monoisotopic (exact) mass is 257 g/mol. The molecule has 0 fully saturated rings. The second kappa shape index (κ2) is 7.48. The van der Waals surface area contributed by atoms with E-state index < -0.39 is 0 Å². The fourth-order valence-electron chi connectivity index (χ4n) is 1.51. The summed E-state index contributed by atoms with van der Waals surface area (Å²) < 4.78 is 5.57. The Morgan fingerprint density at radius 1 is 1.35 bits per heavy atom. The molecule has 0 unspecified atom stereocenters. The van der Waals surface area contributed by atoms with Gasteiger partial charge < -0.3 is 15.4 Å². The third-order valence-corrected chi connectivity index (χ3v) is 2.98. The summed E-state index contributed by atoms with van der Waals surface area (Å²) in [6.07, 6.45) is 0. The van der Waals surface area contributed by atoms with E-state index in [1.807, 2.05) is 0 Å². The first-order valence-corrected chi connectivity index (χ1v) is 6.29. The van der Waals surface area contributed by atoms with E-state index in [2.05, 4.69) is 23.7 Å². The van der Waals surface area contributed by atoms with Gasteiger partial charge in [0, 0.05) is 19.2 Å². The topological polar surface area (TPSA) is 51.4 Å². The Labute approximate surface area is 108 Å². The van der Waals surface area contributed by atoms with Crippen LogP contribution in [-0.2, 0) is 6.54 Å². The highest BCUT2D eigenvalue weighted by Gasteiger charge is 2.04. The zero-order chi connectivity index (χ0) is 12.7. The maximum atomic E-state index is 5.92. The quantitative estimate of drug-likeness (QED) is 0.811. The largest absolute Gasteiger partial charge is 0.476 e. The summed E-state index contributed by atoms with van der Waals surface area (Å²) in [5, 5.41) is 0.587. The standard InChI is InChI=1S/C12H20ClN3O/c1-3-16(4-2)7-8-17-12-6-5-10(13)11(9-14)15-12/h5-6H,3-4,7-9,14H2,1-2H3. The van der Waals surface area contributed by atoms with Crippen LogP contribution in [0.5, 0.6) is 5.88 Å². The van der Waals surface area contributed by atoms with Gasteiger partial charge in [0.15, 0.2) is 0 Å². The van der Waals surface area contributed by atoms with E-state index in [0.29, 0.717) is 29.7 Å². The van der Waals surface area contributed by atoms with Crippen molar-refractivity contribution in [3.05, 3.63) is 22.8 Å². The van der Waals surface area contributed by atoms with Gasteiger partial charge in [-0.2, -0.15) is 0 Å². The molecule has 1 heterocycles. The number of nitrogens with zero attached hydrogens (tertiary/aromatic N) is 2. The Balaban J connectivity index is 2.46. The molecule has 17 heavy (non-hydrogen) atoms. The second-order valence-electron chi connectivity index (χ2n) is 3.66. The summed E-state index contributed by atoms with van der Waals surface area (Å²) in [4.78, 5) is 6.53. The predicted molar refractivity (Wildman–Crippen MR) is 70.4 cm³/mol. The summed E-state index contributed by atoms with van der Waals surface area (Å²) >= 11 is 5.92. The normalized spacial score (nSPS) is 10.9. The maximum absolute atomic E-state index is 5.92. The summed E-state index contributed by atoms with van der Waals surface area (Å²) in [7, 11) is 0. The minimum atomic E-state index is 0.325. The lowest BCUT2D eigenvalue weighted by molar-refractivity contribution is 0.217. The molecule has 0 aromatic carbocycles. The Kier molecular flexibility index (Phi) is 6.26. The van der Waals surface area contributed by atoms with Crippen molar-refractivity contribution in [2.75, 3.05) is 26.2 Å². The number of nitrogens with two attached hydrogens (primary N) is 1. The predicted octanol–water partition coefficient (Wildman–Crippen LogP) is 1.91. The minimum Gasteiger partial charge on any atom is -0.476 e. The molecule has 4 nitrogen and oxygen atoms in total. The molecule has 1 aromatic heterocycles. The second-order valence-corrected chi connectivity index (χ2v) is 4.06. The summed E-state index contributed by atoms with van der Waals surface area (Å²) in [5.74, 6) is 0.585. The molecule has 0 radical (unpaired) electrons. The number of hydrogen-bond acceptors (Lipinski definition) is 4. The third kappa shape index (κ3) is 4.50. The van der Waals surface area contributed by atoms with Crippen molar-refractivity contribution in [3.63, 3.8) is 0 Å². The highest BCUT2D eigenvalue weighted by molar-refractivity contribution is 6.31. The molecule has 0 aliphatic heterocycles. The lowest BCUT2D eigenvalue weighted by Gasteiger charge is -2.17. The van der Waals surface area contributed by atoms with Gasteiger partial charge in [-0.1, -0.05) is 25.4 Å². The van der Waals surface area contributed by atoms with E-state index in [0.717, 1.165) is 19.6 Å². The van der Waals surface area contributed by atoms with Gasteiger partial charge in [-0.3, -0.25) is 0 Å². The molecule has 0 bridgehead atoms. The average Bonchev–Trinajstić information content (AvgIpc) is 2.36. The molecular formula is C12H20ClN3O. The van der Waals surface area contributed by atoms with Crippen molar-refractivity contribution in [3.8, 4) is 5.88 Å². The molecule has 0 aliphatic rings. The number of halogens is 1. The molecule has 0 atom stereocenters. The van der Waals surface area contributed by atoms with E-state index in [9.17, 15) is 0 Å². The Morgan fingerprint density at radius 3 is 2.65 bits per heavy atom. The van der Waals surface area contributed by atoms with Crippen LogP contribution in [0.4, 0.5) is 0 Å². The van der Waals surface area contributed by atoms with Gasteiger partial charge in [-0.05, 0) is 19.2 Å². The van der Waals surface area contributed by atoms with E-state index in [1.165, 1.54) is 0 Å². The zero-order valence-electron chi connectivity index (χ0n) is 10.4. The van der Waals surface area contributed by atoms with Gasteiger partial charge in [-0.25, -0.2) is 4.98 Å². The summed E-state index contributed by atoms with van der Waals surface area (Å²) in [5.41, 5.74) is 6.20. The molecular weight excluding hydrogens is 238 g/mol. The van der Waals surface area contributed by atoms with E-state index in [1.54, 1.807) is 12.1 Å². The van der Waals surface area contributed by atoms with Crippen molar-refractivity contribution in [2.24, 2.45) is 5.73 Å². The van der Waals surface area contributed by atoms with Gasteiger partial charge in [0.2, 0.25) is 5.88 Å². The van der Waals surface area contributed by atoms with Crippen LogP contribution in [-0.4, -0.2) is 36.1 Å². The van der Waals surface area contributed by atoms with Crippen LogP contribution < -0.4 is 10.5 Å². The fourth-order valence-corrected chi connectivity index (χ4v) is 1.69. The van der Waals surface area contributed by atoms with Gasteiger partial charge >= 0.3 is 0 Å². The van der Waals surface area contributed by atoms with E-state index in [4.69, 9.17) is 22.1 Å². The molecule has 5 heteroatoms. The van der Waals surface area contributed by atoms with Crippen LogP contribution in [0.15, 0.2) is 12.1 Å². The van der Waals surface area contributed by atoms with Crippen molar-refractivity contribution in [2.45, 2.75) is 20.4 Å². The molecule has 0 saturated carbocycles. The number of likely N-dealkylation sites (N-methyl/N-ethyl adjacent to an activating group) is 1. The SMILES string of the molecule is CCN(CC)CCOc1ccc(Cl)c(CN)n1. The van der Waals surface area contributed by atoms with E-state index >= 15 is 0 Å². The van der Waals surface area contributed by atoms with Crippen molar-refractivity contribution in [1.29, 1.82) is 0 Å². The number of hydrogen-bond donors (Lipinski definition) is 1. The van der Waals surface area contributed by atoms with Gasteiger partial charge in [0.25, 0.3) is 0 Å². The van der Waals surface area contributed by atoms with Crippen molar-refractivity contribution < 1.29 is 4.74 Å². The van der Waals surface area contributed by atoms with Crippen LogP contribution in [0.25, 0.3) is 0 Å². The summed E-state index contributed by atoms with van der Waals surface area (Å²) in [6.45, 7) is 8.18. The molecule has 0 amide bonds. The van der Waals surface area contributed by atoms with Crippen LogP contribution in [0.1, 0.15) is 19.5 Å². The van der Waals surface area contributed by atoms with Crippen LogP contribution in [0.3, 0.4) is 0 Å². The number of pyridine rings is 1. The molecule has 0 spiro atoms. The number of ether oxygens (including phenoxy) is 1. The average molecular weight is 258 g/mol. The first-order chi connectivity index (χ1) is 8.21. The van der Waals surface area contributed by atoms with Crippen molar-refractivity contribution >= 4 is 11.6 Å². The molecule has 0 aliphatic carbocycles. The molecule has 1 rings (SSSR count). The lowest BCUT2D eigenvalue weighted by atomic mass is 10.3. The van der Waals surface area contributed by atoms with Gasteiger partial charge in [-0.15, -0.1) is 0 Å². The highest BCUT2D eigenvalue weighted by atomic mass is 35.5. The Morgan fingerprint density at radius 2 is 2.06 bits per heavy atom. The smallest absolute Gasteiger partial charge is 0.213 e. The van der Waals surface area contributed by atoms with Crippen LogP contribution >= 0.6 is 11.6 Å². The fraction of sp³-hybridized carbons (Fsp3) is 0.583. The maximum Gasteiger partial charge on any atom is 0.213 e. The Bertz CT molecular complexity index is 343. The first kappa shape index (κ1) is 14.2. The number of rotatable bonds is 7. The van der Waals surface area contributed by atoms with Crippen LogP contribution in [0.2, 0.25) is 5.02 Å². The highest BCUT2D eigenvalue weighted by Crippen LogP contribution is 2.17. The Hall–Kier alpha value is -0.840. The molecule has 0 saturated heterocycles. The van der Waals surface area contributed by atoms with Crippen molar-refractivity contribution in [1.82, 2.24) is 9.88 Å². The molecule has 96 valence electrons. The molecule has 2 N–H and O–H groups in total. The lowest BCUT2D eigenvalue weighted by Crippen LogP contribution is -2.28.